The van der Waals surface area contributed by atoms with E-state index in [1.165, 1.54) is 12.4 Å². The number of nitrogens with zero attached hydrogens (tertiary/aromatic N) is 5. The van der Waals surface area contributed by atoms with E-state index in [2.05, 4.69) is 10.2 Å². The molecule has 1 amide bonds. The average Bonchev–Trinajstić information content (AvgIpc) is 3.23. The van der Waals surface area contributed by atoms with E-state index in [1.807, 2.05) is 0 Å². The van der Waals surface area contributed by atoms with Gasteiger partial charge in [0.15, 0.2) is 5.16 Å². The van der Waals surface area contributed by atoms with Crippen molar-refractivity contribution in [2.75, 3.05) is 13.1 Å². The zero-order chi connectivity index (χ0) is 18.0. The van der Waals surface area contributed by atoms with Crippen LogP contribution in [0.5, 0.6) is 0 Å². The lowest BCUT2D eigenvalue weighted by atomic mass is 10.1. The molecule has 1 aliphatic rings. The third-order valence-electron chi connectivity index (χ3n) is 4.18. The van der Waals surface area contributed by atoms with Gasteiger partial charge in [-0.05, 0) is 36.7 Å². The molecule has 0 saturated carbocycles. The lowest BCUT2D eigenvalue weighted by Gasteiger charge is -2.23. The van der Waals surface area contributed by atoms with Gasteiger partial charge in [-0.25, -0.2) is 0 Å². The van der Waals surface area contributed by atoms with Crippen LogP contribution in [0, 0.1) is 10.1 Å². The Kier molecular flexibility index (Phi) is 6.57. The Hall–Kier alpha value is -2.17. The van der Waals surface area contributed by atoms with Crippen LogP contribution in [-0.2, 0) is 7.05 Å². The topological polar surface area (TPSA) is 120 Å². The molecule has 11 heteroatoms. The number of carbonyl (C=O) groups is 1. The fourth-order valence-electron chi connectivity index (χ4n) is 2.86. The highest BCUT2D eigenvalue weighted by molar-refractivity contribution is 7.99. The maximum absolute atomic E-state index is 12.7. The third-order valence-corrected chi connectivity index (χ3v) is 5.30. The number of carbonyl (C=O) groups excluding carboxylic acids is 1. The summed E-state index contributed by atoms with van der Waals surface area (Å²) in [5.41, 5.74) is 5.89. The number of aryl methyl sites for hydroxylation is 1. The fraction of sp³-hybridized carbons (Fsp3) is 0.400. The third kappa shape index (κ3) is 3.97. The Balaban J connectivity index is 0.00000243. The van der Waals surface area contributed by atoms with E-state index >= 15 is 0 Å². The van der Waals surface area contributed by atoms with Crippen LogP contribution in [0.2, 0.25) is 0 Å². The van der Waals surface area contributed by atoms with Crippen LogP contribution >= 0.6 is 24.2 Å². The Morgan fingerprint density at radius 1 is 1.50 bits per heavy atom. The standard InChI is InChI=1S/C15H18N6O3S.ClH/c1-19-9-17-18-15(19)25-13-5-4-10(7-12(13)21(23)24)14(22)20-6-2-3-11(20)8-16;/h4-5,7,9,11H,2-3,6,8,16H2,1H3;1H. The van der Waals surface area contributed by atoms with Crippen LogP contribution in [0.1, 0.15) is 23.2 Å². The molecule has 1 fully saturated rings. The van der Waals surface area contributed by atoms with Crippen molar-refractivity contribution in [2.45, 2.75) is 28.9 Å². The van der Waals surface area contributed by atoms with Gasteiger partial charge in [0, 0.05) is 37.8 Å². The smallest absolute Gasteiger partial charge is 0.284 e. The summed E-state index contributed by atoms with van der Waals surface area (Å²) in [5.74, 6) is -0.216. The number of rotatable bonds is 5. The number of amides is 1. The van der Waals surface area contributed by atoms with Gasteiger partial charge in [0.25, 0.3) is 11.6 Å². The Bertz CT molecular complexity index is 814. The zero-order valence-electron chi connectivity index (χ0n) is 14.1. The molecule has 0 aliphatic carbocycles. The molecular weight excluding hydrogens is 380 g/mol. The van der Waals surface area contributed by atoms with Gasteiger partial charge in [-0.3, -0.25) is 14.9 Å². The Morgan fingerprint density at radius 2 is 2.27 bits per heavy atom. The summed E-state index contributed by atoms with van der Waals surface area (Å²) >= 11 is 1.14. The molecule has 1 unspecified atom stereocenters. The molecule has 2 N–H and O–H groups in total. The van der Waals surface area contributed by atoms with E-state index in [-0.39, 0.29) is 30.0 Å². The van der Waals surface area contributed by atoms with E-state index in [0.29, 0.717) is 28.7 Å². The van der Waals surface area contributed by atoms with Crippen molar-refractivity contribution in [1.29, 1.82) is 0 Å². The molecule has 0 radical (unpaired) electrons. The van der Waals surface area contributed by atoms with Crippen LogP contribution in [0.3, 0.4) is 0 Å². The van der Waals surface area contributed by atoms with Crippen LogP contribution in [0.15, 0.2) is 34.6 Å². The van der Waals surface area contributed by atoms with Crippen molar-refractivity contribution in [3.05, 3.63) is 40.2 Å². The quantitative estimate of drug-likeness (QED) is 0.602. The largest absolute Gasteiger partial charge is 0.334 e. The van der Waals surface area contributed by atoms with E-state index in [0.717, 1.165) is 24.6 Å². The molecule has 3 rings (SSSR count). The zero-order valence-corrected chi connectivity index (χ0v) is 15.7. The SMILES string of the molecule is Cl.Cn1cnnc1Sc1ccc(C(=O)N2CCCC2CN)cc1[N+](=O)[O-]. The van der Waals surface area contributed by atoms with Crippen molar-refractivity contribution < 1.29 is 9.72 Å². The summed E-state index contributed by atoms with van der Waals surface area (Å²) in [7, 11) is 1.76. The normalized spacial score (nSPS) is 16.4. The maximum Gasteiger partial charge on any atom is 0.284 e. The molecule has 9 nitrogen and oxygen atoms in total. The van der Waals surface area contributed by atoms with Crippen molar-refractivity contribution >= 4 is 35.8 Å². The summed E-state index contributed by atoms with van der Waals surface area (Å²) in [5, 5.41) is 19.7. The highest BCUT2D eigenvalue weighted by atomic mass is 35.5. The Labute approximate surface area is 160 Å². The van der Waals surface area contributed by atoms with Crippen LogP contribution in [0.25, 0.3) is 0 Å². The van der Waals surface area contributed by atoms with Gasteiger partial charge >= 0.3 is 0 Å². The van der Waals surface area contributed by atoms with Crippen LogP contribution in [0.4, 0.5) is 5.69 Å². The number of hydrogen-bond acceptors (Lipinski definition) is 7. The highest BCUT2D eigenvalue weighted by Crippen LogP contribution is 2.34. The number of likely N-dealkylation sites (tertiary alicyclic amines) is 1. The molecule has 0 bridgehead atoms. The number of hydrogen-bond donors (Lipinski definition) is 1. The molecule has 2 aromatic rings. The van der Waals surface area contributed by atoms with Gasteiger partial charge in [0.1, 0.15) is 6.33 Å². The highest BCUT2D eigenvalue weighted by Gasteiger charge is 2.29. The molecule has 1 aromatic heterocycles. The number of nitrogens with two attached hydrogens (primary N) is 1. The lowest BCUT2D eigenvalue weighted by Crippen LogP contribution is -2.39. The maximum atomic E-state index is 12.7. The molecule has 1 saturated heterocycles. The summed E-state index contributed by atoms with van der Waals surface area (Å²) in [6.07, 6.45) is 3.28. The molecular formula is C15H19ClN6O3S. The van der Waals surface area contributed by atoms with Crippen molar-refractivity contribution in [3.8, 4) is 0 Å². The second-order valence-corrected chi connectivity index (χ2v) is 6.81. The molecule has 0 spiro atoms. The van der Waals surface area contributed by atoms with Crippen LogP contribution in [-0.4, -0.2) is 49.6 Å². The predicted molar refractivity (Wildman–Crippen MR) is 98.6 cm³/mol. The molecule has 140 valence electrons. The minimum atomic E-state index is -0.486. The van der Waals surface area contributed by atoms with E-state index < -0.39 is 4.92 Å². The van der Waals surface area contributed by atoms with Gasteiger partial charge in [-0.15, -0.1) is 22.6 Å². The number of nitro benzene ring substituents is 1. The number of benzene rings is 1. The van der Waals surface area contributed by atoms with Gasteiger partial charge in [0.2, 0.25) is 0 Å². The predicted octanol–water partition coefficient (Wildman–Crippen LogP) is 1.86. The van der Waals surface area contributed by atoms with Crippen molar-refractivity contribution in [3.63, 3.8) is 0 Å². The summed E-state index contributed by atoms with van der Waals surface area (Å²) < 4.78 is 1.67. The number of aromatic nitrogens is 3. The Morgan fingerprint density at radius 3 is 2.88 bits per heavy atom. The first-order chi connectivity index (χ1) is 12.0. The first-order valence-corrected chi connectivity index (χ1v) is 8.64. The summed E-state index contributed by atoms with van der Waals surface area (Å²) in [4.78, 5) is 25.8. The second-order valence-electron chi connectivity index (χ2n) is 5.80. The monoisotopic (exact) mass is 398 g/mol. The lowest BCUT2D eigenvalue weighted by molar-refractivity contribution is -0.387. The van der Waals surface area contributed by atoms with Gasteiger partial charge < -0.3 is 15.2 Å². The minimum absolute atomic E-state index is 0. The minimum Gasteiger partial charge on any atom is -0.334 e. The van der Waals surface area contributed by atoms with Crippen molar-refractivity contribution in [1.82, 2.24) is 19.7 Å². The fourth-order valence-corrected chi connectivity index (χ4v) is 3.71. The summed E-state index contributed by atoms with van der Waals surface area (Å²) in [6, 6.07) is 4.52. The van der Waals surface area contributed by atoms with Gasteiger partial charge in [0.05, 0.1) is 9.82 Å². The van der Waals surface area contributed by atoms with E-state index in [1.54, 1.807) is 28.6 Å². The second kappa shape index (κ2) is 8.47. The van der Waals surface area contributed by atoms with E-state index in [9.17, 15) is 14.9 Å². The molecule has 1 atom stereocenters. The number of nitro groups is 1. The van der Waals surface area contributed by atoms with Crippen molar-refractivity contribution in [2.24, 2.45) is 12.8 Å². The molecule has 26 heavy (non-hydrogen) atoms. The first kappa shape index (κ1) is 20.1. The number of halogens is 1. The molecule has 2 heterocycles. The summed E-state index contributed by atoms with van der Waals surface area (Å²) in [6.45, 7) is 1.03. The van der Waals surface area contributed by atoms with Crippen LogP contribution < -0.4 is 5.73 Å². The van der Waals surface area contributed by atoms with Gasteiger partial charge in [-0.2, -0.15) is 0 Å². The van der Waals surface area contributed by atoms with E-state index in [4.69, 9.17) is 5.73 Å². The first-order valence-electron chi connectivity index (χ1n) is 7.82. The average molecular weight is 399 g/mol. The molecule has 1 aliphatic heterocycles. The molecule has 1 aromatic carbocycles. The van der Waals surface area contributed by atoms with Gasteiger partial charge in [-0.1, -0.05) is 0 Å².